The highest BCUT2D eigenvalue weighted by Crippen LogP contribution is 2.52. The monoisotopic (exact) mass is 515 g/mol. The van der Waals surface area contributed by atoms with Crippen LogP contribution in [0.25, 0.3) is 0 Å². The van der Waals surface area contributed by atoms with Crippen molar-refractivity contribution < 1.29 is 19.4 Å². The molecule has 2 heterocycles. The molecule has 2 aliphatic heterocycles. The van der Waals surface area contributed by atoms with Gasteiger partial charge in [0.2, 0.25) is 11.8 Å². The van der Waals surface area contributed by atoms with Crippen molar-refractivity contribution in [2.45, 2.75) is 69.9 Å². The SMILES string of the molecule is CC1(C)CC(=O)N(C(c2ccc(C#N)cc2)[C@H]2C[C@@H]2C(=O)N[C@@H]2c3ccccc3OC(C)(C)[C@H]2O)C(N)=N1. The van der Waals surface area contributed by atoms with Crippen molar-refractivity contribution in [1.82, 2.24) is 10.2 Å². The van der Waals surface area contributed by atoms with Gasteiger partial charge in [0, 0.05) is 11.5 Å². The number of aliphatic imine (C=N–C) groups is 1. The first-order chi connectivity index (χ1) is 17.9. The second kappa shape index (κ2) is 9.14. The molecular formula is C29H33N5O4. The first-order valence-electron chi connectivity index (χ1n) is 12.9. The second-order valence-electron chi connectivity index (χ2n) is 11.6. The van der Waals surface area contributed by atoms with Gasteiger partial charge in [-0.25, -0.2) is 4.99 Å². The molecule has 38 heavy (non-hydrogen) atoms. The van der Waals surface area contributed by atoms with Gasteiger partial charge in [-0.1, -0.05) is 30.3 Å². The van der Waals surface area contributed by atoms with Crippen LogP contribution in [-0.4, -0.2) is 45.0 Å². The van der Waals surface area contributed by atoms with Crippen molar-refractivity contribution in [3.05, 3.63) is 65.2 Å². The molecule has 0 bridgehead atoms. The molecule has 2 aromatic rings. The highest BCUT2D eigenvalue weighted by Gasteiger charge is 2.54. The molecule has 0 aromatic heterocycles. The molecule has 9 nitrogen and oxygen atoms in total. The van der Waals surface area contributed by atoms with E-state index >= 15 is 0 Å². The summed E-state index contributed by atoms with van der Waals surface area (Å²) in [5, 5.41) is 23.4. The van der Waals surface area contributed by atoms with Crippen molar-refractivity contribution in [2.75, 3.05) is 0 Å². The Labute approximate surface area is 222 Å². The van der Waals surface area contributed by atoms with Crippen LogP contribution < -0.4 is 15.8 Å². The Bertz CT molecular complexity index is 1340. The number of fused-ring (bicyclic) bond motifs is 1. The number of hydrogen-bond donors (Lipinski definition) is 3. The lowest BCUT2D eigenvalue weighted by molar-refractivity contribution is -0.132. The van der Waals surface area contributed by atoms with Gasteiger partial charge < -0.3 is 20.9 Å². The van der Waals surface area contributed by atoms with Crippen LogP contribution in [0.2, 0.25) is 0 Å². The van der Waals surface area contributed by atoms with E-state index in [9.17, 15) is 20.0 Å². The van der Waals surface area contributed by atoms with Crippen LogP contribution in [0.15, 0.2) is 53.5 Å². The van der Waals surface area contributed by atoms with Crippen LogP contribution in [0, 0.1) is 23.2 Å². The normalized spacial score (nSPS) is 27.7. The number of ether oxygens (including phenoxy) is 1. The van der Waals surface area contributed by atoms with Gasteiger partial charge in [-0.2, -0.15) is 5.26 Å². The number of benzene rings is 2. The zero-order chi connectivity index (χ0) is 27.4. The maximum absolute atomic E-state index is 13.6. The number of carbonyl (C=O) groups excluding carboxylic acids is 2. The molecule has 3 aliphatic rings. The van der Waals surface area contributed by atoms with Crippen molar-refractivity contribution in [3.63, 3.8) is 0 Å². The molecule has 198 valence electrons. The molecule has 0 saturated heterocycles. The summed E-state index contributed by atoms with van der Waals surface area (Å²) in [6, 6.07) is 15.3. The predicted molar refractivity (Wildman–Crippen MR) is 141 cm³/mol. The third-order valence-electron chi connectivity index (χ3n) is 7.71. The van der Waals surface area contributed by atoms with Crippen LogP contribution in [-0.2, 0) is 9.59 Å². The first kappa shape index (κ1) is 25.7. The van der Waals surface area contributed by atoms with Crippen LogP contribution in [0.3, 0.4) is 0 Å². The Kier molecular flexibility index (Phi) is 6.19. The zero-order valence-electron chi connectivity index (χ0n) is 22.0. The molecule has 1 unspecified atom stereocenters. The number of nitrogens with two attached hydrogens (primary N) is 1. The van der Waals surface area contributed by atoms with Crippen molar-refractivity contribution in [1.29, 1.82) is 5.26 Å². The average Bonchev–Trinajstić information content (AvgIpc) is 3.64. The number of amides is 2. The number of carbonyl (C=O) groups is 2. The summed E-state index contributed by atoms with van der Waals surface area (Å²) in [5.41, 5.74) is 6.84. The minimum Gasteiger partial charge on any atom is -0.485 e. The number of aliphatic hydroxyl groups is 1. The molecule has 5 rings (SSSR count). The molecule has 1 saturated carbocycles. The Morgan fingerprint density at radius 1 is 1.21 bits per heavy atom. The van der Waals surface area contributed by atoms with E-state index in [2.05, 4.69) is 16.4 Å². The Morgan fingerprint density at radius 2 is 1.89 bits per heavy atom. The fourth-order valence-corrected chi connectivity index (χ4v) is 5.65. The Balaban J connectivity index is 1.43. The highest BCUT2D eigenvalue weighted by molar-refractivity contribution is 5.99. The summed E-state index contributed by atoms with van der Waals surface area (Å²) in [4.78, 5) is 32.9. The maximum atomic E-state index is 13.6. The molecule has 1 fully saturated rings. The van der Waals surface area contributed by atoms with Crippen molar-refractivity contribution in [2.24, 2.45) is 22.6 Å². The smallest absolute Gasteiger partial charge is 0.232 e. The third kappa shape index (κ3) is 4.61. The topological polar surface area (TPSA) is 141 Å². The summed E-state index contributed by atoms with van der Waals surface area (Å²) in [5.74, 6) is -0.203. The third-order valence-corrected chi connectivity index (χ3v) is 7.71. The molecular weight excluding hydrogens is 482 g/mol. The number of guanidine groups is 1. The van der Waals surface area contributed by atoms with E-state index < -0.39 is 35.2 Å². The number of nitrogens with zero attached hydrogens (tertiary/aromatic N) is 3. The van der Waals surface area contributed by atoms with Crippen LogP contribution >= 0.6 is 0 Å². The standard InChI is InChI=1S/C29H33N5O4/c1-28(2)14-22(35)34(27(31)33-28)24(17-11-9-16(15-30)10-12-17)19-13-20(19)26(37)32-23-18-7-5-6-8-21(18)38-29(3,4)25(23)36/h5-12,19-20,23-25,36H,13-14H2,1-4H3,(H2,31,33)(H,32,37)/t19-,20-,23+,24?,25-/m0/s1. The van der Waals surface area contributed by atoms with E-state index in [1.54, 1.807) is 38.1 Å². The summed E-state index contributed by atoms with van der Waals surface area (Å²) in [7, 11) is 0. The van der Waals surface area contributed by atoms with Gasteiger partial charge in [-0.05, 0) is 63.8 Å². The Hall–Kier alpha value is -3.90. The van der Waals surface area contributed by atoms with E-state index in [0.29, 0.717) is 17.7 Å². The number of nitrogens with one attached hydrogen (secondary N) is 1. The summed E-state index contributed by atoms with van der Waals surface area (Å²) < 4.78 is 5.98. The van der Waals surface area contributed by atoms with Gasteiger partial charge in [0.15, 0.2) is 5.96 Å². The van der Waals surface area contributed by atoms with Gasteiger partial charge in [-0.15, -0.1) is 0 Å². The Morgan fingerprint density at radius 3 is 2.55 bits per heavy atom. The van der Waals surface area contributed by atoms with Crippen molar-refractivity contribution in [3.8, 4) is 11.8 Å². The summed E-state index contributed by atoms with van der Waals surface area (Å²) >= 11 is 0. The van der Waals surface area contributed by atoms with Gasteiger partial charge in [0.05, 0.1) is 35.7 Å². The number of nitriles is 1. The second-order valence-corrected chi connectivity index (χ2v) is 11.6. The minimum atomic E-state index is -0.957. The molecule has 4 N–H and O–H groups in total. The minimum absolute atomic E-state index is 0.127. The molecule has 5 atom stereocenters. The predicted octanol–water partition coefficient (Wildman–Crippen LogP) is 2.95. The van der Waals surface area contributed by atoms with E-state index in [1.807, 2.05) is 38.1 Å². The van der Waals surface area contributed by atoms with Crippen LogP contribution in [0.5, 0.6) is 5.75 Å². The maximum Gasteiger partial charge on any atom is 0.232 e. The van der Waals surface area contributed by atoms with Gasteiger partial charge in [-0.3, -0.25) is 14.5 Å². The zero-order valence-corrected chi connectivity index (χ0v) is 22.0. The summed E-state index contributed by atoms with van der Waals surface area (Å²) in [6.45, 7) is 7.30. The van der Waals surface area contributed by atoms with E-state index in [0.717, 1.165) is 11.1 Å². The summed E-state index contributed by atoms with van der Waals surface area (Å²) in [6.07, 6.45) is -0.215. The highest BCUT2D eigenvalue weighted by atomic mass is 16.5. The number of para-hydroxylation sites is 1. The average molecular weight is 516 g/mol. The quantitative estimate of drug-likeness (QED) is 0.559. The first-order valence-corrected chi connectivity index (χ1v) is 12.9. The lowest BCUT2D eigenvalue weighted by Crippen LogP contribution is -2.54. The van der Waals surface area contributed by atoms with E-state index in [4.69, 9.17) is 10.5 Å². The van der Waals surface area contributed by atoms with Crippen LogP contribution in [0.4, 0.5) is 0 Å². The molecule has 0 spiro atoms. The molecule has 0 radical (unpaired) electrons. The van der Waals surface area contributed by atoms with Gasteiger partial charge in [0.1, 0.15) is 17.5 Å². The molecule has 2 aromatic carbocycles. The van der Waals surface area contributed by atoms with E-state index in [-0.39, 0.29) is 30.1 Å². The lowest BCUT2D eigenvalue weighted by atomic mass is 9.86. The molecule has 9 heteroatoms. The fraction of sp³-hybridized carbons (Fsp3) is 0.448. The van der Waals surface area contributed by atoms with Crippen LogP contribution in [0.1, 0.15) is 69.3 Å². The molecule has 1 aliphatic carbocycles. The van der Waals surface area contributed by atoms with Gasteiger partial charge >= 0.3 is 0 Å². The van der Waals surface area contributed by atoms with Gasteiger partial charge in [0.25, 0.3) is 0 Å². The van der Waals surface area contributed by atoms with Crippen molar-refractivity contribution >= 4 is 17.8 Å². The van der Waals surface area contributed by atoms with E-state index in [1.165, 1.54) is 4.90 Å². The number of rotatable bonds is 5. The number of aliphatic hydroxyl groups excluding tert-OH is 1. The fourth-order valence-electron chi connectivity index (χ4n) is 5.65. The lowest BCUT2D eigenvalue weighted by Gasteiger charge is -2.42. The largest absolute Gasteiger partial charge is 0.485 e. The molecule has 2 amide bonds. The number of hydrogen-bond acceptors (Lipinski definition) is 7.